The van der Waals surface area contributed by atoms with E-state index < -0.39 is 0 Å². The third-order valence-corrected chi connectivity index (χ3v) is 3.60. The van der Waals surface area contributed by atoms with Crippen LogP contribution in [0, 0.1) is 0 Å². The standard InChI is InChI=1S/C16H15Cl2NO3/c1-21-12-5-10(6-13(8-12)22-2)9-19-16(20)14-7-11(17)3-4-15(14)18/h3-8H,9H2,1-2H3,(H,19,20). The van der Waals surface area contributed by atoms with Gasteiger partial charge in [-0.05, 0) is 35.9 Å². The van der Waals surface area contributed by atoms with E-state index >= 15 is 0 Å². The summed E-state index contributed by atoms with van der Waals surface area (Å²) < 4.78 is 10.4. The summed E-state index contributed by atoms with van der Waals surface area (Å²) in [4.78, 5) is 12.2. The van der Waals surface area contributed by atoms with E-state index in [2.05, 4.69) is 5.32 Å². The van der Waals surface area contributed by atoms with Crippen molar-refractivity contribution in [3.05, 3.63) is 57.6 Å². The molecular formula is C16H15Cl2NO3. The maximum Gasteiger partial charge on any atom is 0.253 e. The van der Waals surface area contributed by atoms with Crippen LogP contribution < -0.4 is 14.8 Å². The number of ether oxygens (including phenoxy) is 2. The number of amides is 1. The molecule has 22 heavy (non-hydrogen) atoms. The van der Waals surface area contributed by atoms with Crippen LogP contribution in [0.3, 0.4) is 0 Å². The number of carbonyl (C=O) groups excluding carboxylic acids is 1. The summed E-state index contributed by atoms with van der Waals surface area (Å²) in [5.74, 6) is 1.02. The van der Waals surface area contributed by atoms with E-state index in [0.29, 0.717) is 33.7 Å². The molecule has 1 amide bonds. The average molecular weight is 340 g/mol. The second-order valence-electron chi connectivity index (χ2n) is 4.53. The summed E-state index contributed by atoms with van der Waals surface area (Å²) in [6.07, 6.45) is 0. The number of hydrogen-bond acceptors (Lipinski definition) is 3. The number of methoxy groups -OCH3 is 2. The van der Waals surface area contributed by atoms with Gasteiger partial charge in [-0.25, -0.2) is 0 Å². The van der Waals surface area contributed by atoms with Crippen LogP contribution in [-0.4, -0.2) is 20.1 Å². The molecule has 0 aromatic heterocycles. The zero-order valence-corrected chi connectivity index (χ0v) is 13.7. The van der Waals surface area contributed by atoms with Crippen LogP contribution >= 0.6 is 23.2 Å². The first-order chi connectivity index (χ1) is 10.5. The van der Waals surface area contributed by atoms with Gasteiger partial charge in [-0.1, -0.05) is 23.2 Å². The Morgan fingerprint density at radius 2 is 1.68 bits per heavy atom. The van der Waals surface area contributed by atoms with Gasteiger partial charge in [0.2, 0.25) is 0 Å². The second-order valence-corrected chi connectivity index (χ2v) is 5.37. The highest BCUT2D eigenvalue weighted by molar-refractivity contribution is 6.35. The van der Waals surface area contributed by atoms with Crippen molar-refractivity contribution >= 4 is 29.1 Å². The smallest absolute Gasteiger partial charge is 0.253 e. The Bertz CT molecular complexity index is 667. The van der Waals surface area contributed by atoms with Gasteiger partial charge in [0.1, 0.15) is 11.5 Å². The van der Waals surface area contributed by atoms with Crippen molar-refractivity contribution in [3.8, 4) is 11.5 Å². The Kier molecular flexibility index (Phi) is 5.52. The molecule has 0 spiro atoms. The van der Waals surface area contributed by atoms with E-state index in [4.69, 9.17) is 32.7 Å². The van der Waals surface area contributed by atoms with Crippen LogP contribution in [0.4, 0.5) is 0 Å². The Morgan fingerprint density at radius 1 is 1.05 bits per heavy atom. The average Bonchev–Trinajstić information content (AvgIpc) is 2.54. The first-order valence-electron chi connectivity index (χ1n) is 6.48. The summed E-state index contributed by atoms with van der Waals surface area (Å²) in [6, 6.07) is 10.2. The van der Waals surface area contributed by atoms with Gasteiger partial charge in [0.15, 0.2) is 0 Å². The van der Waals surface area contributed by atoms with Crippen LogP contribution in [0.15, 0.2) is 36.4 Å². The molecule has 2 rings (SSSR count). The summed E-state index contributed by atoms with van der Waals surface area (Å²) in [7, 11) is 3.14. The van der Waals surface area contributed by atoms with Gasteiger partial charge >= 0.3 is 0 Å². The zero-order valence-electron chi connectivity index (χ0n) is 12.2. The SMILES string of the molecule is COc1cc(CNC(=O)c2cc(Cl)ccc2Cl)cc(OC)c1. The molecule has 0 aliphatic carbocycles. The Hall–Kier alpha value is -1.91. The lowest BCUT2D eigenvalue weighted by Gasteiger charge is -2.10. The largest absolute Gasteiger partial charge is 0.497 e. The van der Waals surface area contributed by atoms with Crippen LogP contribution in [0.2, 0.25) is 10.0 Å². The van der Waals surface area contributed by atoms with Crippen molar-refractivity contribution in [2.45, 2.75) is 6.54 Å². The molecule has 116 valence electrons. The number of hydrogen-bond donors (Lipinski definition) is 1. The van der Waals surface area contributed by atoms with Gasteiger partial charge in [-0.15, -0.1) is 0 Å². The predicted molar refractivity (Wildman–Crippen MR) is 87.2 cm³/mol. The fourth-order valence-electron chi connectivity index (χ4n) is 1.92. The van der Waals surface area contributed by atoms with Gasteiger partial charge in [0, 0.05) is 17.6 Å². The fraction of sp³-hybridized carbons (Fsp3) is 0.188. The Balaban J connectivity index is 2.12. The highest BCUT2D eigenvalue weighted by atomic mass is 35.5. The lowest BCUT2D eigenvalue weighted by molar-refractivity contribution is 0.0951. The maximum absolute atomic E-state index is 12.2. The zero-order chi connectivity index (χ0) is 16.1. The van der Waals surface area contributed by atoms with Crippen molar-refractivity contribution in [1.29, 1.82) is 0 Å². The van der Waals surface area contributed by atoms with Crippen LogP contribution in [0.1, 0.15) is 15.9 Å². The highest BCUT2D eigenvalue weighted by Gasteiger charge is 2.11. The lowest BCUT2D eigenvalue weighted by atomic mass is 10.1. The minimum absolute atomic E-state index is 0.297. The van der Waals surface area contributed by atoms with Crippen LogP contribution in [-0.2, 0) is 6.54 Å². The van der Waals surface area contributed by atoms with Gasteiger partial charge < -0.3 is 14.8 Å². The van der Waals surface area contributed by atoms with Crippen molar-refractivity contribution < 1.29 is 14.3 Å². The maximum atomic E-state index is 12.2. The predicted octanol–water partition coefficient (Wildman–Crippen LogP) is 3.94. The number of benzene rings is 2. The first-order valence-corrected chi connectivity index (χ1v) is 7.24. The summed E-state index contributed by atoms with van der Waals surface area (Å²) in [5, 5.41) is 3.60. The molecule has 0 bridgehead atoms. The summed E-state index contributed by atoms with van der Waals surface area (Å²) >= 11 is 11.9. The molecule has 0 saturated carbocycles. The van der Waals surface area contributed by atoms with E-state index in [-0.39, 0.29) is 5.91 Å². The number of rotatable bonds is 5. The molecule has 0 unspecified atom stereocenters. The lowest BCUT2D eigenvalue weighted by Crippen LogP contribution is -2.23. The summed E-state index contributed by atoms with van der Waals surface area (Å²) in [6.45, 7) is 0.315. The number of carbonyl (C=O) groups is 1. The molecule has 0 aliphatic rings. The van der Waals surface area contributed by atoms with E-state index in [1.807, 2.05) is 12.1 Å². The molecule has 0 saturated heterocycles. The van der Waals surface area contributed by atoms with Gasteiger partial charge in [-0.3, -0.25) is 4.79 Å². The van der Waals surface area contributed by atoms with Crippen molar-refractivity contribution in [3.63, 3.8) is 0 Å². The molecule has 4 nitrogen and oxygen atoms in total. The van der Waals surface area contributed by atoms with Crippen molar-refractivity contribution in [1.82, 2.24) is 5.32 Å². The minimum atomic E-state index is -0.297. The quantitative estimate of drug-likeness (QED) is 0.897. The van der Waals surface area contributed by atoms with E-state index in [1.54, 1.807) is 32.4 Å². The molecule has 6 heteroatoms. The molecule has 0 heterocycles. The van der Waals surface area contributed by atoms with Gasteiger partial charge in [-0.2, -0.15) is 0 Å². The fourth-order valence-corrected chi connectivity index (χ4v) is 2.29. The van der Waals surface area contributed by atoms with Crippen molar-refractivity contribution in [2.24, 2.45) is 0 Å². The Morgan fingerprint density at radius 3 is 2.27 bits per heavy atom. The molecule has 2 aromatic rings. The Labute approximate surface area is 138 Å². The van der Waals surface area contributed by atoms with E-state index in [9.17, 15) is 4.79 Å². The molecule has 0 atom stereocenters. The molecule has 2 aromatic carbocycles. The van der Waals surface area contributed by atoms with Crippen LogP contribution in [0.5, 0.6) is 11.5 Å². The van der Waals surface area contributed by atoms with Gasteiger partial charge in [0.25, 0.3) is 5.91 Å². The number of halogens is 2. The van der Waals surface area contributed by atoms with E-state index in [0.717, 1.165) is 5.56 Å². The molecule has 0 radical (unpaired) electrons. The molecule has 0 aliphatic heterocycles. The third-order valence-electron chi connectivity index (χ3n) is 3.04. The molecule has 0 fully saturated rings. The topological polar surface area (TPSA) is 47.6 Å². The van der Waals surface area contributed by atoms with Gasteiger partial charge in [0.05, 0.1) is 24.8 Å². The highest BCUT2D eigenvalue weighted by Crippen LogP contribution is 2.23. The third kappa shape index (κ3) is 4.06. The minimum Gasteiger partial charge on any atom is -0.497 e. The number of nitrogens with one attached hydrogen (secondary N) is 1. The van der Waals surface area contributed by atoms with E-state index in [1.165, 1.54) is 6.07 Å². The van der Waals surface area contributed by atoms with Crippen molar-refractivity contribution in [2.75, 3.05) is 14.2 Å². The molecular weight excluding hydrogens is 325 g/mol. The second kappa shape index (κ2) is 7.38. The first kappa shape index (κ1) is 16.5. The monoisotopic (exact) mass is 339 g/mol. The summed E-state index contributed by atoms with van der Waals surface area (Å²) in [5.41, 5.74) is 1.19. The normalized spacial score (nSPS) is 10.2. The van der Waals surface area contributed by atoms with Crippen LogP contribution in [0.25, 0.3) is 0 Å². The molecule has 1 N–H and O–H groups in total.